The fraction of sp³-hybridized carbons (Fsp3) is 0.455. The van der Waals surface area contributed by atoms with Crippen molar-refractivity contribution in [3.63, 3.8) is 0 Å². The third-order valence-electron chi connectivity index (χ3n) is 2.11. The van der Waals surface area contributed by atoms with Gasteiger partial charge < -0.3 is 5.32 Å². The first kappa shape index (κ1) is 11.5. The molecule has 0 spiro atoms. The highest BCUT2D eigenvalue weighted by Crippen LogP contribution is 2.21. The lowest BCUT2D eigenvalue weighted by Gasteiger charge is -1.99. The van der Waals surface area contributed by atoms with Crippen molar-refractivity contribution in [2.45, 2.75) is 33.2 Å². The minimum atomic E-state index is 0.515. The van der Waals surface area contributed by atoms with E-state index in [-0.39, 0.29) is 0 Å². The molecule has 0 bridgehead atoms. The van der Waals surface area contributed by atoms with Gasteiger partial charge in [0.05, 0.1) is 17.2 Å². The molecule has 3 nitrogen and oxygen atoms in total. The Balaban J connectivity index is 1.94. The lowest BCUT2D eigenvalue weighted by molar-refractivity contribution is 0.841. The molecule has 0 radical (unpaired) electrons. The summed E-state index contributed by atoms with van der Waals surface area (Å²) in [5.41, 5.74) is 1.10. The molecule has 2 aromatic heterocycles. The maximum Gasteiger partial charge on any atom is 0.183 e. The Morgan fingerprint density at radius 2 is 2.25 bits per heavy atom. The summed E-state index contributed by atoms with van der Waals surface area (Å²) in [5, 5.41) is 7.57. The predicted octanol–water partition coefficient (Wildman–Crippen LogP) is 3.64. The summed E-state index contributed by atoms with van der Waals surface area (Å²) in [5.74, 6) is 0.515. The Bertz CT molecular complexity index is 459. The molecule has 16 heavy (non-hydrogen) atoms. The molecule has 2 heterocycles. The smallest absolute Gasteiger partial charge is 0.183 e. The van der Waals surface area contributed by atoms with E-state index >= 15 is 0 Å². The number of hydrogen-bond acceptors (Lipinski definition) is 5. The molecule has 0 aliphatic carbocycles. The molecule has 86 valence electrons. The second-order valence-corrected chi connectivity index (χ2v) is 6.09. The van der Waals surface area contributed by atoms with Crippen LogP contribution in [-0.2, 0) is 6.54 Å². The average molecular weight is 253 g/mol. The Labute approximate surface area is 104 Å². The summed E-state index contributed by atoms with van der Waals surface area (Å²) in [7, 11) is 0. The molecule has 2 aromatic rings. The number of rotatable bonds is 4. The summed E-state index contributed by atoms with van der Waals surface area (Å²) in [6.45, 7) is 7.15. The minimum Gasteiger partial charge on any atom is -0.356 e. The van der Waals surface area contributed by atoms with Crippen LogP contribution >= 0.6 is 22.7 Å². The van der Waals surface area contributed by atoms with Gasteiger partial charge in [-0.15, -0.1) is 22.7 Å². The van der Waals surface area contributed by atoms with E-state index in [0.717, 1.165) is 17.4 Å². The van der Waals surface area contributed by atoms with Gasteiger partial charge in [0.25, 0.3) is 0 Å². The molecular weight excluding hydrogens is 238 g/mol. The third kappa shape index (κ3) is 2.80. The van der Waals surface area contributed by atoms with Crippen LogP contribution in [0.1, 0.15) is 35.3 Å². The number of hydrogen-bond donors (Lipinski definition) is 1. The predicted molar refractivity (Wildman–Crippen MR) is 70.4 cm³/mol. The lowest BCUT2D eigenvalue weighted by Crippen LogP contribution is -1.99. The molecule has 0 aromatic carbocycles. The summed E-state index contributed by atoms with van der Waals surface area (Å²) in [6, 6.07) is 0. The maximum absolute atomic E-state index is 4.56. The van der Waals surface area contributed by atoms with E-state index in [4.69, 9.17) is 0 Å². The van der Waals surface area contributed by atoms with E-state index in [2.05, 4.69) is 41.4 Å². The molecule has 5 heteroatoms. The van der Waals surface area contributed by atoms with Gasteiger partial charge in [-0.25, -0.2) is 9.97 Å². The van der Waals surface area contributed by atoms with Crippen LogP contribution in [0, 0.1) is 6.92 Å². The van der Waals surface area contributed by atoms with Crippen LogP contribution in [0.2, 0.25) is 0 Å². The highest BCUT2D eigenvalue weighted by molar-refractivity contribution is 7.15. The zero-order chi connectivity index (χ0) is 11.5. The first-order chi connectivity index (χ1) is 7.65. The van der Waals surface area contributed by atoms with Crippen molar-refractivity contribution in [1.29, 1.82) is 0 Å². The van der Waals surface area contributed by atoms with E-state index in [1.54, 1.807) is 22.7 Å². The molecule has 0 amide bonds. The second-order valence-electron chi connectivity index (χ2n) is 3.96. The van der Waals surface area contributed by atoms with E-state index in [1.807, 2.05) is 6.20 Å². The Kier molecular flexibility index (Phi) is 3.56. The number of aryl methyl sites for hydroxylation is 1. The van der Waals surface area contributed by atoms with Gasteiger partial charge in [-0.3, -0.25) is 0 Å². The number of thiazole rings is 2. The second kappa shape index (κ2) is 4.93. The van der Waals surface area contributed by atoms with Crippen LogP contribution in [0.3, 0.4) is 0 Å². The van der Waals surface area contributed by atoms with E-state index in [9.17, 15) is 0 Å². The highest BCUT2D eigenvalue weighted by Gasteiger charge is 2.06. The third-order valence-corrected chi connectivity index (χ3v) is 4.17. The van der Waals surface area contributed by atoms with Crippen molar-refractivity contribution in [1.82, 2.24) is 9.97 Å². The van der Waals surface area contributed by atoms with E-state index in [1.165, 1.54) is 9.88 Å². The summed E-state index contributed by atoms with van der Waals surface area (Å²) in [6.07, 6.45) is 1.88. The van der Waals surface area contributed by atoms with Crippen LogP contribution in [0.25, 0.3) is 0 Å². The topological polar surface area (TPSA) is 37.8 Å². The fourth-order valence-corrected chi connectivity index (χ4v) is 2.77. The lowest BCUT2D eigenvalue weighted by atomic mass is 10.2. The minimum absolute atomic E-state index is 0.515. The SMILES string of the molecule is Cc1cnc(NCc2csc(C(C)C)n2)s1. The van der Waals surface area contributed by atoms with Gasteiger partial charge in [0, 0.05) is 22.4 Å². The van der Waals surface area contributed by atoms with Gasteiger partial charge in [-0.2, -0.15) is 0 Å². The van der Waals surface area contributed by atoms with Gasteiger partial charge in [0.15, 0.2) is 5.13 Å². The van der Waals surface area contributed by atoms with Crippen LogP contribution < -0.4 is 5.32 Å². The molecule has 1 N–H and O–H groups in total. The van der Waals surface area contributed by atoms with E-state index in [0.29, 0.717) is 5.92 Å². The monoisotopic (exact) mass is 253 g/mol. The number of nitrogens with zero attached hydrogens (tertiary/aromatic N) is 2. The number of anilines is 1. The molecule has 0 fully saturated rings. The van der Waals surface area contributed by atoms with Gasteiger partial charge in [-0.1, -0.05) is 13.8 Å². The molecule has 0 aliphatic rings. The molecule has 0 saturated heterocycles. The van der Waals surface area contributed by atoms with Crippen molar-refractivity contribution in [2.75, 3.05) is 5.32 Å². The first-order valence-corrected chi connectivity index (χ1v) is 6.95. The van der Waals surface area contributed by atoms with Gasteiger partial charge in [0.2, 0.25) is 0 Å². The van der Waals surface area contributed by atoms with Gasteiger partial charge in [-0.05, 0) is 6.92 Å². The van der Waals surface area contributed by atoms with Crippen LogP contribution in [0.4, 0.5) is 5.13 Å². The Hall–Kier alpha value is -0.940. The van der Waals surface area contributed by atoms with Crippen molar-refractivity contribution < 1.29 is 0 Å². The van der Waals surface area contributed by atoms with Crippen molar-refractivity contribution in [3.8, 4) is 0 Å². The van der Waals surface area contributed by atoms with Crippen molar-refractivity contribution in [2.24, 2.45) is 0 Å². The Morgan fingerprint density at radius 1 is 1.44 bits per heavy atom. The Morgan fingerprint density at radius 3 is 2.81 bits per heavy atom. The van der Waals surface area contributed by atoms with Gasteiger partial charge in [0.1, 0.15) is 0 Å². The molecular formula is C11H15N3S2. The zero-order valence-corrected chi connectivity index (χ0v) is 11.3. The molecule has 0 atom stereocenters. The van der Waals surface area contributed by atoms with Crippen LogP contribution in [-0.4, -0.2) is 9.97 Å². The largest absolute Gasteiger partial charge is 0.356 e. The summed E-state index contributed by atoms with van der Waals surface area (Å²) < 4.78 is 0. The molecule has 0 saturated carbocycles. The van der Waals surface area contributed by atoms with Crippen molar-refractivity contribution in [3.05, 3.63) is 27.2 Å². The summed E-state index contributed by atoms with van der Waals surface area (Å²) >= 11 is 3.40. The molecule has 0 aliphatic heterocycles. The summed E-state index contributed by atoms with van der Waals surface area (Å²) in [4.78, 5) is 10.0. The number of nitrogens with one attached hydrogen (secondary N) is 1. The number of aromatic nitrogens is 2. The zero-order valence-electron chi connectivity index (χ0n) is 9.65. The van der Waals surface area contributed by atoms with Crippen LogP contribution in [0.5, 0.6) is 0 Å². The maximum atomic E-state index is 4.56. The fourth-order valence-electron chi connectivity index (χ4n) is 1.27. The first-order valence-electron chi connectivity index (χ1n) is 5.25. The normalized spacial score (nSPS) is 11.0. The quantitative estimate of drug-likeness (QED) is 0.904. The van der Waals surface area contributed by atoms with Gasteiger partial charge >= 0.3 is 0 Å². The van der Waals surface area contributed by atoms with Crippen molar-refractivity contribution >= 4 is 27.8 Å². The molecule has 0 unspecified atom stereocenters. The van der Waals surface area contributed by atoms with E-state index < -0.39 is 0 Å². The standard InChI is InChI=1S/C11H15N3S2/c1-7(2)10-14-9(6-15-10)5-13-11-12-4-8(3)16-11/h4,6-7H,5H2,1-3H3,(H,12,13). The highest BCUT2D eigenvalue weighted by atomic mass is 32.1. The molecule has 2 rings (SSSR count). The van der Waals surface area contributed by atoms with Crippen LogP contribution in [0.15, 0.2) is 11.6 Å². The average Bonchev–Trinajstić information content (AvgIpc) is 2.83.